The molecular weight excluding hydrogens is 480 g/mol. The lowest BCUT2D eigenvalue weighted by atomic mass is 9.88. The molecule has 8 nitrogen and oxygen atoms in total. The lowest BCUT2D eigenvalue weighted by Gasteiger charge is -2.19. The molecule has 2 heterocycles. The van der Waals surface area contributed by atoms with Crippen LogP contribution in [0.4, 0.5) is 0 Å². The molecule has 2 aromatic heterocycles. The molecule has 0 saturated heterocycles. The van der Waals surface area contributed by atoms with Crippen molar-refractivity contribution in [2.45, 2.75) is 13.1 Å². The number of hydrogen-bond donors (Lipinski definition) is 0. The molecule has 5 rings (SSSR count). The van der Waals surface area contributed by atoms with Crippen LogP contribution in [0.3, 0.4) is 0 Å². The first-order valence-electron chi connectivity index (χ1n) is 11.8. The highest BCUT2D eigenvalue weighted by molar-refractivity contribution is 5.89. The number of aromatic nitrogens is 4. The van der Waals surface area contributed by atoms with Gasteiger partial charge in [-0.3, -0.25) is 19.2 Å². The van der Waals surface area contributed by atoms with Crippen LogP contribution in [-0.2, 0) is 13.1 Å². The van der Waals surface area contributed by atoms with Crippen LogP contribution >= 0.6 is 0 Å². The SMILES string of the molecule is O=Cc1cc(C=O)cc(-c2cc(Cn3ccnc3)c(-c3cc(C=O)cc(C=O)c3)cc2Cn2ccnc2)c1. The smallest absolute Gasteiger partial charge is 0.150 e. The van der Waals surface area contributed by atoms with E-state index < -0.39 is 0 Å². The van der Waals surface area contributed by atoms with Gasteiger partial charge in [0, 0.05) is 60.1 Å². The Kier molecular flexibility index (Phi) is 6.95. The summed E-state index contributed by atoms with van der Waals surface area (Å²) in [5, 5.41) is 0. The number of carbonyl (C=O) groups is 4. The fraction of sp³-hybridized carbons (Fsp3) is 0.0667. The molecule has 0 fully saturated rings. The van der Waals surface area contributed by atoms with Crippen LogP contribution in [0.1, 0.15) is 52.6 Å². The van der Waals surface area contributed by atoms with Gasteiger partial charge in [0.2, 0.25) is 0 Å². The monoisotopic (exact) mass is 502 g/mol. The largest absolute Gasteiger partial charge is 0.333 e. The molecule has 3 aromatic carbocycles. The summed E-state index contributed by atoms with van der Waals surface area (Å²) in [5.74, 6) is 0. The van der Waals surface area contributed by atoms with Crippen LogP contribution in [0.15, 0.2) is 86.0 Å². The Bertz CT molecular complexity index is 1460. The van der Waals surface area contributed by atoms with Crippen molar-refractivity contribution in [1.82, 2.24) is 19.1 Å². The summed E-state index contributed by atoms with van der Waals surface area (Å²) in [5.41, 5.74) is 6.51. The molecule has 0 bridgehead atoms. The molecule has 0 radical (unpaired) electrons. The van der Waals surface area contributed by atoms with Gasteiger partial charge in [-0.25, -0.2) is 9.97 Å². The molecule has 0 aliphatic carbocycles. The van der Waals surface area contributed by atoms with Gasteiger partial charge in [-0.1, -0.05) is 0 Å². The molecule has 5 aromatic rings. The Morgan fingerprint density at radius 3 is 1.18 bits per heavy atom. The summed E-state index contributed by atoms with van der Waals surface area (Å²) in [6, 6.07) is 14.2. The first kappa shape index (κ1) is 24.5. The summed E-state index contributed by atoms with van der Waals surface area (Å²) in [7, 11) is 0. The zero-order valence-electron chi connectivity index (χ0n) is 20.2. The van der Waals surface area contributed by atoms with E-state index in [2.05, 4.69) is 9.97 Å². The van der Waals surface area contributed by atoms with Crippen LogP contribution in [0, 0.1) is 0 Å². The Hall–Kier alpha value is -5.24. The van der Waals surface area contributed by atoms with E-state index in [4.69, 9.17) is 0 Å². The molecule has 0 saturated carbocycles. The Balaban J connectivity index is 1.79. The van der Waals surface area contributed by atoms with Crippen molar-refractivity contribution >= 4 is 25.1 Å². The minimum absolute atomic E-state index is 0.396. The van der Waals surface area contributed by atoms with Gasteiger partial charge in [-0.15, -0.1) is 0 Å². The van der Waals surface area contributed by atoms with E-state index in [1.165, 1.54) is 0 Å². The lowest BCUT2D eigenvalue weighted by Crippen LogP contribution is -2.05. The Labute approximate surface area is 218 Å². The Morgan fingerprint density at radius 2 is 0.895 bits per heavy atom. The van der Waals surface area contributed by atoms with Gasteiger partial charge in [0.15, 0.2) is 0 Å². The third kappa shape index (κ3) is 5.15. The summed E-state index contributed by atoms with van der Waals surface area (Å²) in [6.45, 7) is 0.923. The van der Waals surface area contributed by atoms with E-state index in [9.17, 15) is 19.2 Å². The molecule has 38 heavy (non-hydrogen) atoms. The van der Waals surface area contributed by atoms with Crippen LogP contribution in [0.25, 0.3) is 22.3 Å². The quantitative estimate of drug-likeness (QED) is 0.255. The zero-order valence-corrected chi connectivity index (χ0v) is 20.2. The lowest BCUT2D eigenvalue weighted by molar-refractivity contribution is 0.111. The van der Waals surface area contributed by atoms with Crippen LogP contribution in [-0.4, -0.2) is 44.2 Å². The minimum Gasteiger partial charge on any atom is -0.333 e. The van der Waals surface area contributed by atoms with Gasteiger partial charge in [-0.05, 0) is 81.9 Å². The fourth-order valence-electron chi connectivity index (χ4n) is 4.58. The predicted octanol–water partition coefficient (Wildman–Crippen LogP) is 4.76. The normalized spacial score (nSPS) is 10.7. The number of carbonyl (C=O) groups excluding carboxylic acids is 4. The number of hydrogen-bond acceptors (Lipinski definition) is 6. The maximum absolute atomic E-state index is 11.6. The van der Waals surface area contributed by atoms with Crippen molar-refractivity contribution in [3.8, 4) is 22.3 Å². The summed E-state index contributed by atoms with van der Waals surface area (Å²) >= 11 is 0. The van der Waals surface area contributed by atoms with Gasteiger partial charge >= 0.3 is 0 Å². The maximum Gasteiger partial charge on any atom is 0.150 e. The second-order valence-corrected chi connectivity index (χ2v) is 8.88. The average molecular weight is 503 g/mol. The molecule has 0 atom stereocenters. The van der Waals surface area contributed by atoms with Crippen LogP contribution in [0.5, 0.6) is 0 Å². The van der Waals surface area contributed by atoms with Gasteiger partial charge in [0.25, 0.3) is 0 Å². The summed E-state index contributed by atoms with van der Waals surface area (Å²) in [4.78, 5) is 54.9. The van der Waals surface area contributed by atoms with Crippen LogP contribution < -0.4 is 0 Å². The van der Waals surface area contributed by atoms with Crippen LogP contribution in [0.2, 0.25) is 0 Å². The first-order chi connectivity index (χ1) is 18.6. The highest BCUT2D eigenvalue weighted by Crippen LogP contribution is 2.35. The molecule has 0 unspecified atom stereocenters. The number of imidazole rings is 2. The van der Waals surface area contributed by atoms with E-state index in [-0.39, 0.29) is 0 Å². The van der Waals surface area contributed by atoms with Gasteiger partial charge in [0.1, 0.15) is 25.1 Å². The number of aldehydes is 4. The molecule has 0 spiro atoms. The van der Waals surface area contributed by atoms with Crippen molar-refractivity contribution in [2.24, 2.45) is 0 Å². The minimum atomic E-state index is 0.396. The third-order valence-corrected chi connectivity index (χ3v) is 6.27. The van der Waals surface area contributed by atoms with E-state index in [1.54, 1.807) is 61.4 Å². The summed E-state index contributed by atoms with van der Waals surface area (Å²) in [6.07, 6.45) is 13.4. The van der Waals surface area contributed by atoms with E-state index in [0.717, 1.165) is 58.5 Å². The number of rotatable bonds is 10. The number of nitrogens with zero attached hydrogens (tertiary/aromatic N) is 4. The second kappa shape index (κ2) is 10.8. The van der Waals surface area contributed by atoms with Crippen molar-refractivity contribution in [2.75, 3.05) is 0 Å². The molecule has 186 valence electrons. The standard InChI is InChI=1S/C30H22N4O4/c35-15-21-5-22(16-36)8-25(7-21)29-12-28(14-34-4-2-32-20-34)30(11-27(29)13-33-3-1-31-19-33)26-9-23(17-37)6-24(10-26)18-38/h1-12,15-20H,13-14H2. The second-order valence-electron chi connectivity index (χ2n) is 8.88. The molecule has 0 aliphatic heterocycles. The van der Waals surface area contributed by atoms with Crippen molar-refractivity contribution < 1.29 is 19.2 Å². The highest BCUT2D eigenvalue weighted by Gasteiger charge is 2.16. The maximum atomic E-state index is 11.6. The molecule has 0 amide bonds. The van der Waals surface area contributed by atoms with Gasteiger partial charge in [-0.2, -0.15) is 0 Å². The van der Waals surface area contributed by atoms with Crippen molar-refractivity contribution in [3.05, 3.63) is 119 Å². The predicted molar refractivity (Wildman–Crippen MR) is 142 cm³/mol. The number of benzene rings is 3. The van der Waals surface area contributed by atoms with Gasteiger partial charge < -0.3 is 9.13 Å². The molecule has 8 heteroatoms. The van der Waals surface area contributed by atoms with E-state index in [0.29, 0.717) is 35.3 Å². The highest BCUT2D eigenvalue weighted by atomic mass is 16.1. The van der Waals surface area contributed by atoms with E-state index in [1.807, 2.05) is 33.7 Å². The topological polar surface area (TPSA) is 104 Å². The first-order valence-corrected chi connectivity index (χ1v) is 11.8. The van der Waals surface area contributed by atoms with Crippen molar-refractivity contribution in [3.63, 3.8) is 0 Å². The fourth-order valence-corrected chi connectivity index (χ4v) is 4.58. The van der Waals surface area contributed by atoms with Gasteiger partial charge in [0.05, 0.1) is 12.7 Å². The zero-order chi connectivity index (χ0) is 26.5. The van der Waals surface area contributed by atoms with E-state index >= 15 is 0 Å². The summed E-state index contributed by atoms with van der Waals surface area (Å²) < 4.78 is 3.84. The third-order valence-electron chi connectivity index (χ3n) is 6.27. The Morgan fingerprint density at radius 1 is 0.526 bits per heavy atom. The molecule has 0 aliphatic rings. The molecular formula is C30H22N4O4. The average Bonchev–Trinajstić information content (AvgIpc) is 3.67. The van der Waals surface area contributed by atoms with Crippen molar-refractivity contribution in [1.29, 1.82) is 0 Å². The molecule has 0 N–H and O–H groups in total.